The summed E-state index contributed by atoms with van der Waals surface area (Å²) in [7, 11) is 0. The Bertz CT molecular complexity index is 4470. The number of aliphatic carboxylic acids is 6. The molecular weight excluding hydrogens is 1550 g/mol. The van der Waals surface area contributed by atoms with E-state index in [9.17, 15) is 99.0 Å². The van der Waals surface area contributed by atoms with Crippen molar-refractivity contribution in [1.29, 1.82) is 0 Å². The number of hydrogen-bond donors (Lipinski definition) is 10. The monoisotopic (exact) mass is 1650 g/mol. The molecule has 0 saturated carbocycles. The number of hydrogen-bond acceptors (Lipinski definition) is 32. The van der Waals surface area contributed by atoms with Gasteiger partial charge in [0.15, 0.2) is 0 Å². The molecule has 10 N–H and O–H groups in total. The Morgan fingerprint density at radius 3 is 0.983 bits per heavy atom. The molecule has 2 aromatic carbocycles. The quantitative estimate of drug-likeness (QED) is 0.0234. The molecule has 4 aliphatic rings. The molecule has 4 saturated heterocycles. The Morgan fingerprint density at radius 2 is 0.687 bits per heavy atom. The third kappa shape index (κ3) is 29.0. The molecule has 4 aromatic heterocycles. The molecule has 4 aliphatic heterocycles. The minimum Gasteiger partial charge on any atom is -0.480 e. The van der Waals surface area contributed by atoms with Gasteiger partial charge in [0.1, 0.15) is 18.1 Å². The van der Waals surface area contributed by atoms with E-state index >= 15 is 0 Å². The van der Waals surface area contributed by atoms with Crippen LogP contribution in [0.15, 0.2) is 92.5 Å². The van der Waals surface area contributed by atoms with Gasteiger partial charge in [-0.05, 0) is 25.0 Å². The van der Waals surface area contributed by atoms with Crippen molar-refractivity contribution in [3.05, 3.63) is 137 Å². The van der Waals surface area contributed by atoms with Gasteiger partial charge in [-0.15, -0.1) is 33.7 Å². The molecule has 6 aromatic rings. The number of aromatic nitrogens is 10. The minimum atomic E-state index is -1.01. The van der Waals surface area contributed by atoms with Crippen molar-refractivity contribution in [3.8, 4) is 22.5 Å². The van der Waals surface area contributed by atoms with Gasteiger partial charge in [0.05, 0.1) is 111 Å². The number of aliphatic hydroxyl groups excluding tert-OH is 4. The van der Waals surface area contributed by atoms with E-state index in [1.54, 1.807) is 60.3 Å². The second kappa shape index (κ2) is 45.8. The van der Waals surface area contributed by atoms with Gasteiger partial charge < -0.3 is 51.1 Å². The lowest BCUT2D eigenvalue weighted by atomic mass is 10.1. The van der Waals surface area contributed by atoms with Crippen LogP contribution in [0.1, 0.15) is 45.8 Å². The molecule has 10 rings (SSSR count). The molecule has 626 valence electrons. The standard InChI is InChI=1S/C35H49N9O10S.C34H47N9O10S.2CO2/c1-24-17-44(30-16-28(46)29(23-45)55-30)35(54)43(34(24)53)15-14-42-19-27(36-37-42)26-4-2-25(3-5-26)18-38-6-8-39(20-31(47)48)10-12-41(22-33(51)52)13-11-40(9-7-38)21-32(49)50;1-23-15-42(29-14-27(45)28(21-44)54-29)34(53)43(33(23)52)22-41-17-26(35-36-41)25-4-2-24(3-5-25)16-37-6-8-38(18-30(46)47)10-12-40(20-32(50)51)13-11-39(9-7-37)19-31(48)49;2*2-1-3/h2-5,17,19,28-30,45-46H,6-16,18,20-23H2,1H3,(H,47,48)(H,49,50)(H,51,52);2-5,15,17,27-29,44-45H,6-14,16,18-22H2,1H3,(H,46,47)(H,48,49)(H,50,51);;/t28?,29-,30?;27?,28-,29?;;/m11../s1. The predicted octanol–water partition coefficient (Wildman–Crippen LogP) is -4.14. The van der Waals surface area contributed by atoms with Crippen LogP contribution in [0.3, 0.4) is 0 Å². The average Bonchev–Trinajstić information content (AvgIpc) is 1.77. The number of thioether (sulfide) groups is 2. The van der Waals surface area contributed by atoms with Crippen molar-refractivity contribution in [1.82, 2.24) is 87.5 Å². The van der Waals surface area contributed by atoms with Gasteiger partial charge in [-0.2, -0.15) is 19.2 Å². The largest absolute Gasteiger partial charge is 0.480 e. The third-order valence-electron chi connectivity index (χ3n) is 19.4. The van der Waals surface area contributed by atoms with Gasteiger partial charge in [0.25, 0.3) is 11.1 Å². The van der Waals surface area contributed by atoms with Crippen molar-refractivity contribution in [2.45, 2.75) is 93.0 Å². The van der Waals surface area contributed by atoms with Gasteiger partial charge in [-0.3, -0.25) is 95.9 Å². The van der Waals surface area contributed by atoms with Gasteiger partial charge in [-0.1, -0.05) is 59.0 Å². The summed E-state index contributed by atoms with van der Waals surface area (Å²) >= 11 is 2.59. The molecule has 0 bridgehead atoms. The lowest BCUT2D eigenvalue weighted by molar-refractivity contribution is -0.193. The van der Waals surface area contributed by atoms with E-state index in [4.69, 9.17) is 19.2 Å². The molecule has 6 atom stereocenters. The number of rotatable bonds is 27. The number of carbonyl (C=O) groups excluding carboxylic acids is 4. The van der Waals surface area contributed by atoms with E-state index < -0.39 is 91.8 Å². The first-order valence-electron chi connectivity index (χ1n) is 36.5. The van der Waals surface area contributed by atoms with Crippen molar-refractivity contribution in [2.75, 3.05) is 157 Å². The Morgan fingerprint density at radius 1 is 0.409 bits per heavy atom. The van der Waals surface area contributed by atoms with E-state index in [0.717, 1.165) is 31.4 Å². The van der Waals surface area contributed by atoms with E-state index in [2.05, 4.69) is 30.4 Å². The lowest BCUT2D eigenvalue weighted by Crippen LogP contribution is -2.48. The van der Waals surface area contributed by atoms with Crippen molar-refractivity contribution < 1.29 is 99.0 Å². The highest BCUT2D eigenvalue weighted by atomic mass is 32.2. The number of benzene rings is 2. The van der Waals surface area contributed by atoms with Crippen molar-refractivity contribution in [3.63, 3.8) is 0 Å². The maximum Gasteiger partial charge on any atom is 0.373 e. The summed E-state index contributed by atoms with van der Waals surface area (Å²) in [6.45, 7) is 8.97. The Kier molecular flexibility index (Phi) is 36.7. The smallest absolute Gasteiger partial charge is 0.373 e. The van der Waals surface area contributed by atoms with Crippen LogP contribution < -0.4 is 22.5 Å². The summed E-state index contributed by atoms with van der Waals surface area (Å²) in [5, 5.41) is 112. The van der Waals surface area contributed by atoms with Crippen LogP contribution in [-0.4, -0.2) is 367 Å². The Hall–Kier alpha value is -10.1. The number of aryl methyl sites for hydroxylation is 3. The Labute approximate surface area is 665 Å². The fourth-order valence-corrected chi connectivity index (χ4v) is 16.1. The van der Waals surface area contributed by atoms with Crippen molar-refractivity contribution in [2.24, 2.45) is 0 Å². The molecule has 4 fully saturated rings. The van der Waals surface area contributed by atoms with Crippen molar-refractivity contribution >= 4 is 71.6 Å². The van der Waals surface area contributed by atoms with Crippen LogP contribution in [-0.2, 0) is 80.8 Å². The van der Waals surface area contributed by atoms with Crippen LogP contribution in [0.4, 0.5) is 0 Å². The van der Waals surface area contributed by atoms with Crippen LogP contribution >= 0.6 is 23.5 Å². The number of aliphatic hydroxyl groups is 4. The number of carbonyl (C=O) groups is 6. The number of nitrogens with zero attached hydrogens (tertiary/aromatic N) is 18. The molecule has 4 unspecified atom stereocenters. The molecule has 115 heavy (non-hydrogen) atoms. The molecule has 0 spiro atoms. The van der Waals surface area contributed by atoms with Gasteiger partial charge >= 0.3 is 59.5 Å². The predicted molar refractivity (Wildman–Crippen MR) is 407 cm³/mol. The maximum absolute atomic E-state index is 13.4. The molecule has 0 aliphatic carbocycles. The molecule has 44 heteroatoms. The minimum absolute atomic E-state index is 0.0503. The highest BCUT2D eigenvalue weighted by Gasteiger charge is 2.37. The highest BCUT2D eigenvalue weighted by Crippen LogP contribution is 2.41. The highest BCUT2D eigenvalue weighted by molar-refractivity contribution is 8.00. The van der Waals surface area contributed by atoms with E-state index in [1.807, 2.05) is 48.5 Å². The summed E-state index contributed by atoms with van der Waals surface area (Å²) in [5.41, 5.74) is 3.33. The second-order valence-electron chi connectivity index (χ2n) is 27.7. The van der Waals surface area contributed by atoms with Gasteiger partial charge in [-0.25, -0.2) is 18.8 Å². The first kappa shape index (κ1) is 92.1. The van der Waals surface area contributed by atoms with E-state index in [-0.39, 0.29) is 97.4 Å². The summed E-state index contributed by atoms with van der Waals surface area (Å²) in [4.78, 5) is 169. The van der Waals surface area contributed by atoms with Crippen LogP contribution in [0.2, 0.25) is 0 Å². The molecular formula is C71H96N18O24S2. The second-order valence-corrected chi connectivity index (χ2v) is 30.6. The molecule has 0 amide bonds. The lowest BCUT2D eigenvalue weighted by Gasteiger charge is -2.33. The summed E-state index contributed by atoms with van der Waals surface area (Å²) in [5.74, 6) is -5.94. The molecule has 42 nitrogen and oxygen atoms in total. The summed E-state index contributed by atoms with van der Waals surface area (Å²) < 4.78 is 8.03. The van der Waals surface area contributed by atoms with Crippen LogP contribution in [0.25, 0.3) is 22.5 Å². The fraction of sp³-hybridized carbons (Fsp3) is 0.549. The SMILES string of the molecule is Cc1cn(C2CC(O)[C@@H](CO)S2)c(=O)n(CCn2cc(-c3ccc(CN4CCN(CC(=O)O)CCN(CC(=O)O)CCN(CC(=O)O)CC4)cc3)nn2)c1=O.Cc1cn(C2CC(O)[C@@H](CO)S2)c(=O)n(Cn2cc(-c3ccc(CN4CCN(CC(=O)O)CCN(CC(=O)O)CCN(CC(=O)O)CC4)cc3)nn2)c1=O.O=C=O.O=C=O. The molecule has 8 heterocycles. The maximum atomic E-state index is 13.4. The average molecular weight is 1650 g/mol. The number of carboxylic acid groups (broad SMARTS) is 6. The Balaban J connectivity index is 0.000000298. The first-order chi connectivity index (χ1) is 54.9. The molecule has 0 radical (unpaired) electrons. The third-order valence-corrected chi connectivity index (χ3v) is 22.5. The van der Waals surface area contributed by atoms with E-state index in [1.165, 1.54) is 49.7 Å². The summed E-state index contributed by atoms with van der Waals surface area (Å²) in [6.07, 6.45) is 5.85. The van der Waals surface area contributed by atoms with Gasteiger partial charge in [0, 0.05) is 165 Å². The normalized spacial score (nSPS) is 20.4. The zero-order valence-corrected chi connectivity index (χ0v) is 65.0. The zero-order valence-electron chi connectivity index (χ0n) is 63.4. The first-order valence-corrected chi connectivity index (χ1v) is 38.4. The fourth-order valence-electron chi connectivity index (χ4n) is 13.4. The van der Waals surface area contributed by atoms with E-state index in [0.29, 0.717) is 140 Å². The topological polar surface area (TPSA) is 548 Å². The van der Waals surface area contributed by atoms with Crippen LogP contribution in [0, 0.1) is 13.8 Å². The summed E-state index contributed by atoms with van der Waals surface area (Å²) in [6, 6.07) is 15.3. The number of carboxylic acids is 6. The van der Waals surface area contributed by atoms with Gasteiger partial charge in [0.2, 0.25) is 0 Å². The zero-order chi connectivity index (χ0) is 84.0. The van der Waals surface area contributed by atoms with Crippen LogP contribution in [0.5, 0.6) is 0 Å².